The van der Waals surface area contributed by atoms with Crippen molar-refractivity contribution in [1.82, 2.24) is 19.6 Å². The molecule has 11 nitrogen and oxygen atoms in total. The zero-order chi connectivity index (χ0) is 30.1. The predicted octanol–water partition coefficient (Wildman–Crippen LogP) is 3.33. The summed E-state index contributed by atoms with van der Waals surface area (Å²) in [5, 5.41) is 7.36. The summed E-state index contributed by atoms with van der Waals surface area (Å²) in [5.41, 5.74) is 3.48. The summed E-state index contributed by atoms with van der Waals surface area (Å²) in [6.45, 7) is 7.69. The largest absolute Gasteiger partial charge is 0.465 e. The van der Waals surface area contributed by atoms with Crippen LogP contribution in [0.1, 0.15) is 30.4 Å². The molecule has 6 rings (SSSR count). The van der Waals surface area contributed by atoms with Gasteiger partial charge in [0.25, 0.3) is 11.8 Å². The lowest BCUT2D eigenvalue weighted by molar-refractivity contribution is 0.0606. The number of rotatable bonds is 6. The third-order valence-electron chi connectivity index (χ3n) is 8.15. The second-order valence-corrected chi connectivity index (χ2v) is 12.1. The van der Waals surface area contributed by atoms with E-state index in [4.69, 9.17) is 4.74 Å². The van der Waals surface area contributed by atoms with Crippen molar-refractivity contribution in [2.45, 2.75) is 0 Å². The van der Waals surface area contributed by atoms with Gasteiger partial charge in [-0.2, -0.15) is 4.68 Å². The molecule has 0 unspecified atom stereocenters. The van der Waals surface area contributed by atoms with Gasteiger partial charge in [-0.05, 0) is 68.7 Å². The van der Waals surface area contributed by atoms with Crippen molar-refractivity contribution in [1.29, 1.82) is 0 Å². The van der Waals surface area contributed by atoms with Crippen molar-refractivity contribution in [3.63, 3.8) is 0 Å². The van der Waals surface area contributed by atoms with Crippen LogP contribution in [-0.2, 0) is 4.74 Å². The molecule has 4 aromatic rings. The number of amides is 1. The molecule has 2 aromatic carbocycles. The molecule has 0 bridgehead atoms. The average Bonchev–Trinajstić information content (AvgIpc) is 3.62. The second-order valence-electron chi connectivity index (χ2n) is 11.0. The van der Waals surface area contributed by atoms with E-state index in [1.54, 1.807) is 30.3 Å². The van der Waals surface area contributed by atoms with E-state index < -0.39 is 5.97 Å². The maximum absolute atomic E-state index is 13.7. The van der Waals surface area contributed by atoms with E-state index in [9.17, 15) is 14.4 Å². The number of benzene rings is 2. The fourth-order valence-corrected chi connectivity index (χ4v) is 6.41. The van der Waals surface area contributed by atoms with Gasteiger partial charge in [-0.25, -0.2) is 4.79 Å². The molecule has 43 heavy (non-hydrogen) atoms. The van der Waals surface area contributed by atoms with Crippen molar-refractivity contribution in [3.8, 4) is 0 Å². The van der Waals surface area contributed by atoms with E-state index in [0.717, 1.165) is 75.1 Å². The molecule has 0 atom stereocenters. The van der Waals surface area contributed by atoms with Gasteiger partial charge in [-0.15, -0.1) is 16.4 Å². The van der Waals surface area contributed by atoms with Gasteiger partial charge >= 0.3 is 5.97 Å². The molecule has 2 aliphatic heterocycles. The Labute approximate surface area is 254 Å². The number of fused-ring (bicyclic) bond motifs is 1. The van der Waals surface area contributed by atoms with Crippen LogP contribution in [0.4, 0.5) is 17.2 Å². The number of esters is 1. The van der Waals surface area contributed by atoms with Gasteiger partial charge < -0.3 is 29.7 Å². The first-order chi connectivity index (χ1) is 20.8. The fraction of sp³-hybridized carbons (Fsp3) is 0.355. The van der Waals surface area contributed by atoms with Crippen molar-refractivity contribution in [3.05, 3.63) is 70.6 Å². The highest BCUT2D eigenvalue weighted by atomic mass is 32.1. The number of methoxy groups -OCH3 is 1. The fourth-order valence-electron chi connectivity index (χ4n) is 5.42. The molecule has 0 radical (unpaired) electrons. The molecule has 2 aliphatic rings. The van der Waals surface area contributed by atoms with E-state index in [-0.39, 0.29) is 17.6 Å². The molecule has 4 heterocycles. The third kappa shape index (κ3) is 5.99. The Kier molecular flexibility index (Phi) is 8.15. The third-order valence-corrected chi connectivity index (χ3v) is 9.26. The van der Waals surface area contributed by atoms with Crippen LogP contribution < -0.4 is 15.1 Å². The quantitative estimate of drug-likeness (QED) is 0.334. The van der Waals surface area contributed by atoms with E-state index in [2.05, 4.69) is 44.1 Å². The van der Waals surface area contributed by atoms with Crippen molar-refractivity contribution in [2.24, 2.45) is 0 Å². The van der Waals surface area contributed by atoms with Crippen LogP contribution in [0.15, 0.2) is 54.6 Å². The molecule has 224 valence electrons. The monoisotopic (exact) mass is 601 g/mol. The number of piperazine rings is 2. The molecule has 2 fully saturated rings. The first-order valence-electron chi connectivity index (χ1n) is 14.3. The van der Waals surface area contributed by atoms with E-state index >= 15 is 0 Å². The summed E-state index contributed by atoms with van der Waals surface area (Å²) >= 11 is 1.12. The molecule has 2 saturated heterocycles. The summed E-state index contributed by atoms with van der Waals surface area (Å²) in [4.78, 5) is 48.8. The Morgan fingerprint density at radius 2 is 1.28 bits per heavy atom. The number of hydrogen-bond acceptors (Lipinski definition) is 10. The van der Waals surface area contributed by atoms with Crippen LogP contribution in [0, 0.1) is 0 Å². The van der Waals surface area contributed by atoms with Gasteiger partial charge in [0, 0.05) is 74.9 Å². The number of hydrogen-bond donors (Lipinski definition) is 1. The SMILES string of the molecule is COC(=O)c1cc2c(s1)c(NC(=O)c1ccc(N3CCN(C)CC3)cc1)nn2C(=O)c1ccc(N2CCN(C)CC2)cc1. The summed E-state index contributed by atoms with van der Waals surface area (Å²) in [5.74, 6) is -1.02. The first kappa shape index (κ1) is 28.8. The van der Waals surface area contributed by atoms with Crippen LogP contribution in [0.2, 0.25) is 0 Å². The molecule has 1 N–H and O–H groups in total. The van der Waals surface area contributed by atoms with Gasteiger partial charge in [0.2, 0.25) is 0 Å². The van der Waals surface area contributed by atoms with Crippen molar-refractivity contribution < 1.29 is 19.1 Å². The minimum Gasteiger partial charge on any atom is -0.465 e. The Morgan fingerprint density at radius 3 is 1.79 bits per heavy atom. The Bertz CT molecular complexity index is 1630. The lowest BCUT2D eigenvalue weighted by Gasteiger charge is -2.34. The maximum Gasteiger partial charge on any atom is 0.348 e. The molecule has 2 aromatic heterocycles. The second kappa shape index (κ2) is 12.2. The van der Waals surface area contributed by atoms with Crippen LogP contribution in [0.3, 0.4) is 0 Å². The van der Waals surface area contributed by atoms with Gasteiger partial charge in [0.15, 0.2) is 5.82 Å². The molecular weight excluding hydrogens is 566 g/mol. The zero-order valence-electron chi connectivity index (χ0n) is 24.6. The lowest BCUT2D eigenvalue weighted by Crippen LogP contribution is -2.44. The summed E-state index contributed by atoms with van der Waals surface area (Å²) in [6, 6.07) is 16.5. The van der Waals surface area contributed by atoms with E-state index in [0.29, 0.717) is 26.2 Å². The number of nitrogens with zero attached hydrogens (tertiary/aromatic N) is 6. The molecule has 12 heteroatoms. The molecule has 0 saturated carbocycles. The number of aromatic nitrogens is 2. The van der Waals surface area contributed by atoms with Gasteiger partial charge in [0.1, 0.15) is 4.88 Å². The smallest absolute Gasteiger partial charge is 0.348 e. The minimum absolute atomic E-state index is 0.214. The highest BCUT2D eigenvalue weighted by Gasteiger charge is 2.24. The Balaban J connectivity index is 1.24. The first-order valence-corrected chi connectivity index (χ1v) is 15.2. The number of anilines is 3. The topological polar surface area (TPSA) is 103 Å². The van der Waals surface area contributed by atoms with Gasteiger partial charge in [-0.1, -0.05) is 0 Å². The normalized spacial score (nSPS) is 16.4. The van der Waals surface area contributed by atoms with E-state index in [1.165, 1.54) is 11.8 Å². The number of likely N-dealkylation sites (N-methyl/N-ethyl adjacent to an activating group) is 2. The van der Waals surface area contributed by atoms with Crippen LogP contribution >= 0.6 is 11.3 Å². The van der Waals surface area contributed by atoms with Gasteiger partial charge in [-0.3, -0.25) is 9.59 Å². The van der Waals surface area contributed by atoms with Crippen LogP contribution in [0.25, 0.3) is 10.2 Å². The number of thiophene rings is 1. The molecule has 1 amide bonds. The summed E-state index contributed by atoms with van der Waals surface area (Å²) in [7, 11) is 5.53. The predicted molar refractivity (Wildman–Crippen MR) is 169 cm³/mol. The number of nitrogens with one attached hydrogen (secondary N) is 1. The highest BCUT2D eigenvalue weighted by Crippen LogP contribution is 2.33. The van der Waals surface area contributed by atoms with Crippen LogP contribution in [-0.4, -0.2) is 111 Å². The lowest BCUT2D eigenvalue weighted by atomic mass is 10.1. The number of carbonyl (C=O) groups excluding carboxylic acids is 3. The van der Waals surface area contributed by atoms with E-state index in [1.807, 2.05) is 24.3 Å². The van der Waals surface area contributed by atoms with Gasteiger partial charge in [0.05, 0.1) is 17.3 Å². The Hall–Kier alpha value is -4.26. The maximum atomic E-state index is 13.7. The average molecular weight is 602 g/mol. The molecule has 0 spiro atoms. The summed E-state index contributed by atoms with van der Waals surface area (Å²) < 4.78 is 6.67. The van der Waals surface area contributed by atoms with Crippen molar-refractivity contribution in [2.75, 3.05) is 88.7 Å². The Morgan fingerprint density at radius 1 is 0.767 bits per heavy atom. The molecular formula is C31H35N7O4S. The number of carbonyl (C=O) groups is 3. The van der Waals surface area contributed by atoms with Crippen LogP contribution in [0.5, 0.6) is 0 Å². The summed E-state index contributed by atoms with van der Waals surface area (Å²) in [6.07, 6.45) is 0. The molecule has 0 aliphatic carbocycles. The highest BCUT2D eigenvalue weighted by molar-refractivity contribution is 7.21. The van der Waals surface area contributed by atoms with Crippen molar-refractivity contribution >= 4 is 56.5 Å². The standard InChI is InChI=1S/C31H35N7O4S/c1-34-12-16-36(17-13-34)23-8-4-21(5-9-23)29(39)32-28-27-25(20-26(43-27)31(41)42-3)38(33-28)30(40)22-6-10-24(11-7-22)37-18-14-35(2)15-19-37/h4-11,20H,12-19H2,1-3H3,(H,32,33,39). The minimum atomic E-state index is -0.520. The number of ether oxygens (including phenoxy) is 1. The zero-order valence-corrected chi connectivity index (χ0v) is 25.4.